The average molecular weight is 648 g/mol. The standard InChI is InChI=1S/C31H35ClFN3O7S/c1-35-16-25(24-6-2-3-7-29(24)35)30(38)34-28-15-27(33)20(14-26(28)32)13-22(37)18-44(41,42)36-12-4-5-21(36)17-43-23-10-8-19(9-11-23)31(39)40/h2-3,6-7,14-16,19,21,23H,4-5,8-13,17-18H2,1H3,(H,34,38)(H,39,40)/t19-,21-,23-/m0/s1. The molecule has 3 aromatic rings. The average Bonchev–Trinajstić information content (AvgIpc) is 3.60. The number of hydrogen-bond donors (Lipinski definition) is 2. The van der Waals surface area contributed by atoms with E-state index in [1.54, 1.807) is 16.8 Å². The summed E-state index contributed by atoms with van der Waals surface area (Å²) < 4.78 is 50.5. The fourth-order valence-electron chi connectivity index (χ4n) is 6.15. The van der Waals surface area contributed by atoms with Gasteiger partial charge in [-0.05, 0) is 62.3 Å². The number of sulfonamides is 1. The number of carboxylic acid groups (broad SMARTS) is 1. The summed E-state index contributed by atoms with van der Waals surface area (Å²) >= 11 is 6.35. The number of anilines is 1. The van der Waals surface area contributed by atoms with Crippen LogP contribution in [0.2, 0.25) is 5.02 Å². The molecule has 2 aromatic carbocycles. The molecule has 236 valence electrons. The zero-order valence-corrected chi connectivity index (χ0v) is 25.9. The van der Waals surface area contributed by atoms with Gasteiger partial charge in [0.25, 0.3) is 5.91 Å². The van der Waals surface area contributed by atoms with Gasteiger partial charge in [0, 0.05) is 43.2 Å². The monoisotopic (exact) mass is 647 g/mol. The molecule has 2 heterocycles. The molecule has 2 aliphatic rings. The number of ether oxygens (including phenoxy) is 1. The van der Waals surface area contributed by atoms with E-state index in [0.29, 0.717) is 44.1 Å². The number of carbonyl (C=O) groups excluding carboxylic acids is 2. The molecule has 1 aromatic heterocycles. The van der Waals surface area contributed by atoms with Crippen LogP contribution in [0.1, 0.15) is 54.4 Å². The topological polar surface area (TPSA) is 135 Å². The third-order valence-electron chi connectivity index (χ3n) is 8.49. The van der Waals surface area contributed by atoms with Crippen molar-refractivity contribution in [2.45, 2.75) is 57.1 Å². The molecule has 1 aliphatic heterocycles. The quantitative estimate of drug-likeness (QED) is 0.306. The predicted molar refractivity (Wildman–Crippen MR) is 164 cm³/mol. The van der Waals surface area contributed by atoms with Gasteiger partial charge in [-0.1, -0.05) is 29.8 Å². The molecule has 2 N–H and O–H groups in total. The maximum atomic E-state index is 15.1. The van der Waals surface area contributed by atoms with Crippen LogP contribution in [0.15, 0.2) is 42.6 Å². The number of ketones is 1. The van der Waals surface area contributed by atoms with Gasteiger partial charge in [-0.25, -0.2) is 12.8 Å². The molecule has 1 amide bonds. The molecule has 1 aliphatic carbocycles. The van der Waals surface area contributed by atoms with Crippen LogP contribution in [0.4, 0.5) is 10.1 Å². The van der Waals surface area contributed by atoms with Crippen LogP contribution < -0.4 is 5.32 Å². The lowest BCUT2D eigenvalue weighted by molar-refractivity contribution is -0.143. The summed E-state index contributed by atoms with van der Waals surface area (Å²) in [5.74, 6) is -3.92. The summed E-state index contributed by atoms with van der Waals surface area (Å²) in [5, 5.41) is 12.5. The first-order valence-corrected chi connectivity index (χ1v) is 16.6. The molecule has 13 heteroatoms. The van der Waals surface area contributed by atoms with Crippen molar-refractivity contribution in [1.29, 1.82) is 0 Å². The van der Waals surface area contributed by atoms with Gasteiger partial charge in [-0.3, -0.25) is 14.4 Å². The number of benzene rings is 2. The van der Waals surface area contributed by atoms with E-state index in [0.717, 1.165) is 17.0 Å². The Morgan fingerprint density at radius 3 is 2.57 bits per heavy atom. The molecular weight excluding hydrogens is 613 g/mol. The van der Waals surface area contributed by atoms with Crippen molar-refractivity contribution in [2.24, 2.45) is 13.0 Å². The first-order valence-electron chi connectivity index (χ1n) is 14.6. The van der Waals surface area contributed by atoms with Crippen molar-refractivity contribution >= 4 is 55.9 Å². The maximum Gasteiger partial charge on any atom is 0.306 e. The maximum absolute atomic E-state index is 15.1. The number of hydrogen-bond acceptors (Lipinski definition) is 6. The van der Waals surface area contributed by atoms with Crippen molar-refractivity contribution < 1.29 is 37.0 Å². The summed E-state index contributed by atoms with van der Waals surface area (Å²) in [7, 11) is -2.17. The molecular formula is C31H35ClFN3O7S. The summed E-state index contributed by atoms with van der Waals surface area (Å²) in [6, 6.07) is 9.19. The number of para-hydroxylation sites is 1. The third-order valence-corrected chi connectivity index (χ3v) is 10.7. The second kappa shape index (κ2) is 13.4. The highest BCUT2D eigenvalue weighted by Crippen LogP contribution is 2.30. The van der Waals surface area contributed by atoms with Crippen LogP contribution >= 0.6 is 11.6 Å². The lowest BCUT2D eigenvalue weighted by Crippen LogP contribution is -2.42. The number of rotatable bonds is 11. The van der Waals surface area contributed by atoms with Crippen LogP contribution in [0.25, 0.3) is 10.9 Å². The molecule has 1 saturated heterocycles. The van der Waals surface area contributed by atoms with Crippen molar-refractivity contribution in [3.8, 4) is 0 Å². The van der Waals surface area contributed by atoms with E-state index in [4.69, 9.17) is 16.3 Å². The minimum Gasteiger partial charge on any atom is -0.481 e. The Kier molecular flexibility index (Phi) is 9.74. The Balaban J connectivity index is 1.18. The number of carbonyl (C=O) groups is 3. The molecule has 0 spiro atoms. The van der Waals surface area contributed by atoms with Gasteiger partial charge in [0.05, 0.1) is 34.9 Å². The second-order valence-electron chi connectivity index (χ2n) is 11.6. The molecule has 0 unspecified atom stereocenters. The minimum atomic E-state index is -3.98. The molecule has 1 atom stereocenters. The Bertz CT molecular complexity index is 1680. The van der Waals surface area contributed by atoms with Crippen molar-refractivity contribution in [2.75, 3.05) is 24.2 Å². The number of fused-ring (bicyclic) bond motifs is 1. The van der Waals surface area contributed by atoms with Crippen LogP contribution in [0, 0.1) is 11.7 Å². The second-order valence-corrected chi connectivity index (χ2v) is 13.9. The Hall–Kier alpha value is -3.32. The van der Waals surface area contributed by atoms with Crippen LogP contribution in [0.5, 0.6) is 0 Å². The molecule has 10 nitrogen and oxygen atoms in total. The number of Topliss-reactive ketones (excluding diaryl/α,β-unsaturated/α-hetero) is 1. The summed E-state index contributed by atoms with van der Waals surface area (Å²) in [4.78, 5) is 37.0. The number of nitrogens with zero attached hydrogens (tertiary/aromatic N) is 2. The number of nitrogens with one attached hydrogen (secondary N) is 1. The van der Waals surface area contributed by atoms with Gasteiger partial charge >= 0.3 is 5.97 Å². The van der Waals surface area contributed by atoms with Gasteiger partial charge in [0.1, 0.15) is 11.6 Å². The molecule has 0 bridgehead atoms. The number of aryl methyl sites for hydroxylation is 1. The van der Waals surface area contributed by atoms with E-state index in [1.807, 2.05) is 25.2 Å². The van der Waals surface area contributed by atoms with E-state index in [-0.39, 0.29) is 41.4 Å². The summed E-state index contributed by atoms with van der Waals surface area (Å²) in [6.45, 7) is 0.437. The Morgan fingerprint density at radius 1 is 1.11 bits per heavy atom. The highest BCUT2D eigenvalue weighted by molar-refractivity contribution is 7.89. The highest BCUT2D eigenvalue weighted by Gasteiger charge is 2.36. The van der Waals surface area contributed by atoms with Gasteiger partial charge in [0.2, 0.25) is 10.0 Å². The summed E-state index contributed by atoms with van der Waals surface area (Å²) in [6.07, 6.45) is 4.55. The molecule has 0 radical (unpaired) electrons. The highest BCUT2D eigenvalue weighted by atomic mass is 35.5. The zero-order valence-electron chi connectivity index (χ0n) is 24.3. The lowest BCUT2D eigenvalue weighted by Gasteiger charge is -2.29. The number of aromatic nitrogens is 1. The van der Waals surface area contributed by atoms with E-state index in [9.17, 15) is 27.9 Å². The normalized spacial score (nSPS) is 21.0. The smallest absolute Gasteiger partial charge is 0.306 e. The molecule has 44 heavy (non-hydrogen) atoms. The SMILES string of the molecule is Cn1cc(C(=O)Nc2cc(F)c(CC(=O)CS(=O)(=O)N3CCC[C@H]3CO[C@H]3CC[C@H](C(=O)O)CC3)cc2Cl)c2ccccc21. The molecule has 1 saturated carbocycles. The van der Waals surface area contributed by atoms with Crippen molar-refractivity contribution in [3.63, 3.8) is 0 Å². The van der Waals surface area contributed by atoms with Gasteiger partial charge in [-0.15, -0.1) is 0 Å². The van der Waals surface area contributed by atoms with Crippen molar-refractivity contribution in [1.82, 2.24) is 8.87 Å². The van der Waals surface area contributed by atoms with Gasteiger partial charge in [-0.2, -0.15) is 4.31 Å². The van der Waals surface area contributed by atoms with Gasteiger partial charge < -0.3 is 19.7 Å². The number of amides is 1. The van der Waals surface area contributed by atoms with Crippen LogP contribution in [-0.2, 0) is 37.8 Å². The fraction of sp³-hybridized carbons (Fsp3) is 0.452. The lowest BCUT2D eigenvalue weighted by atomic mass is 9.87. The molecule has 5 rings (SSSR count). The fourth-order valence-corrected chi connectivity index (χ4v) is 8.08. The third kappa shape index (κ3) is 7.14. The largest absolute Gasteiger partial charge is 0.481 e. The summed E-state index contributed by atoms with van der Waals surface area (Å²) in [5.41, 5.74) is 1.20. The minimum absolute atomic E-state index is 0.0137. The Morgan fingerprint density at radius 2 is 1.84 bits per heavy atom. The van der Waals surface area contributed by atoms with Gasteiger partial charge in [0.15, 0.2) is 5.78 Å². The number of carboxylic acids is 1. The number of aliphatic carboxylic acids is 1. The van der Waals surface area contributed by atoms with Crippen LogP contribution in [0.3, 0.4) is 0 Å². The van der Waals surface area contributed by atoms with E-state index in [2.05, 4.69) is 5.32 Å². The predicted octanol–water partition coefficient (Wildman–Crippen LogP) is 4.79. The first kappa shape index (κ1) is 32.1. The van der Waals surface area contributed by atoms with Crippen LogP contribution in [-0.4, -0.2) is 71.1 Å². The van der Waals surface area contributed by atoms with Crippen molar-refractivity contribution in [3.05, 3.63) is 64.6 Å². The Labute approximate surface area is 260 Å². The van der Waals surface area contributed by atoms with E-state index in [1.165, 1.54) is 10.4 Å². The first-order chi connectivity index (χ1) is 20.9. The van der Waals surface area contributed by atoms with E-state index < -0.39 is 51.7 Å². The zero-order chi connectivity index (χ0) is 31.6. The molecule has 2 fully saturated rings. The number of halogens is 2. The van der Waals surface area contributed by atoms with E-state index >= 15 is 4.39 Å².